The minimum Gasteiger partial charge on any atom is -0.547 e. The number of hydrogen-bond acceptors (Lipinski definition) is 2. The van der Waals surface area contributed by atoms with Crippen molar-refractivity contribution in [3.05, 3.63) is 11.8 Å². The summed E-state index contributed by atoms with van der Waals surface area (Å²) in [5.41, 5.74) is -0.472. The predicted octanol–water partition coefficient (Wildman–Crippen LogP) is 4.38. The van der Waals surface area contributed by atoms with Gasteiger partial charge in [-0.05, 0) is 19.6 Å². The average Bonchev–Trinajstić information content (AvgIpc) is 1.96. The summed E-state index contributed by atoms with van der Waals surface area (Å²) in [5, 5.41) is 0. The van der Waals surface area contributed by atoms with Crippen molar-refractivity contribution < 1.29 is 9.22 Å². The number of rotatable bonds is 3. The van der Waals surface area contributed by atoms with Crippen molar-refractivity contribution in [3.63, 3.8) is 0 Å². The molecule has 0 fully saturated rings. The van der Waals surface area contributed by atoms with Gasteiger partial charge in [0.2, 0.25) is 8.32 Å². The number of allylic oxidation sites excluding steroid dienone is 2. The van der Waals surface area contributed by atoms with Crippen LogP contribution < -0.4 is 0 Å². The van der Waals surface area contributed by atoms with Gasteiger partial charge in [-0.3, -0.25) is 4.79 Å². The quantitative estimate of drug-likeness (QED) is 0.425. The zero-order valence-electron chi connectivity index (χ0n) is 12.9. The largest absolute Gasteiger partial charge is 0.547 e. The summed E-state index contributed by atoms with van der Waals surface area (Å²) in [6, 6.07) is 0. The first-order valence-corrected chi connectivity index (χ1v) is 9.60. The SMILES string of the molecule is CC(C)(C)C(=O)/C=C(/O[Si](C)(C)C)C(C)(C)C. The molecular weight excluding hydrogens is 228 g/mol. The van der Waals surface area contributed by atoms with E-state index < -0.39 is 8.32 Å². The van der Waals surface area contributed by atoms with E-state index in [2.05, 4.69) is 40.4 Å². The number of carbonyl (C=O) groups excluding carboxylic acids is 1. The van der Waals surface area contributed by atoms with E-state index in [9.17, 15) is 4.79 Å². The van der Waals surface area contributed by atoms with E-state index in [1.165, 1.54) is 0 Å². The van der Waals surface area contributed by atoms with Crippen LogP contribution >= 0.6 is 0 Å². The Bertz CT molecular complexity index is 309. The molecule has 0 atom stereocenters. The second-order valence-electron chi connectivity index (χ2n) is 7.59. The zero-order valence-corrected chi connectivity index (χ0v) is 13.9. The summed E-state index contributed by atoms with van der Waals surface area (Å²) < 4.78 is 6.05. The van der Waals surface area contributed by atoms with Gasteiger partial charge in [0.1, 0.15) is 0 Å². The van der Waals surface area contributed by atoms with Gasteiger partial charge in [0.05, 0.1) is 5.76 Å². The van der Waals surface area contributed by atoms with Crippen LogP contribution in [0.25, 0.3) is 0 Å². The van der Waals surface area contributed by atoms with E-state index in [0.717, 1.165) is 5.76 Å². The van der Waals surface area contributed by atoms with Crippen molar-refractivity contribution in [2.24, 2.45) is 10.8 Å². The molecular formula is C14H28O2Si. The zero-order chi connectivity index (χ0) is 14.1. The molecule has 0 saturated carbocycles. The molecule has 0 amide bonds. The van der Waals surface area contributed by atoms with Crippen LogP contribution in [-0.2, 0) is 9.22 Å². The fourth-order valence-electron chi connectivity index (χ4n) is 1.06. The summed E-state index contributed by atoms with van der Waals surface area (Å²) in [7, 11) is -1.68. The minimum atomic E-state index is -1.68. The van der Waals surface area contributed by atoms with E-state index in [0.29, 0.717) is 0 Å². The number of ketones is 1. The summed E-state index contributed by atoms with van der Waals surface area (Å²) in [4.78, 5) is 12.1. The van der Waals surface area contributed by atoms with Gasteiger partial charge in [-0.2, -0.15) is 0 Å². The highest BCUT2D eigenvalue weighted by Crippen LogP contribution is 2.30. The lowest BCUT2D eigenvalue weighted by Crippen LogP contribution is -2.30. The Kier molecular flexibility index (Phi) is 4.80. The van der Waals surface area contributed by atoms with Gasteiger partial charge in [0.25, 0.3) is 0 Å². The molecule has 0 aliphatic heterocycles. The summed E-state index contributed by atoms with van der Waals surface area (Å²) in [5.74, 6) is 0.942. The Morgan fingerprint density at radius 1 is 0.941 bits per heavy atom. The lowest BCUT2D eigenvalue weighted by Gasteiger charge is -2.31. The molecule has 17 heavy (non-hydrogen) atoms. The molecule has 0 aliphatic carbocycles. The number of carbonyl (C=O) groups is 1. The maximum Gasteiger partial charge on any atom is 0.241 e. The highest BCUT2D eigenvalue weighted by molar-refractivity contribution is 6.70. The van der Waals surface area contributed by atoms with Crippen LogP contribution in [0, 0.1) is 10.8 Å². The molecule has 100 valence electrons. The van der Waals surface area contributed by atoms with Crippen molar-refractivity contribution in [2.75, 3.05) is 0 Å². The summed E-state index contributed by atoms with van der Waals surface area (Å²) in [6.07, 6.45) is 1.69. The third-order valence-electron chi connectivity index (χ3n) is 2.16. The predicted molar refractivity (Wildman–Crippen MR) is 76.4 cm³/mol. The Morgan fingerprint density at radius 3 is 1.59 bits per heavy atom. The lowest BCUT2D eigenvalue weighted by molar-refractivity contribution is -0.121. The standard InChI is InChI=1S/C14H28O2Si/c1-13(2,3)11(15)10-12(14(4,5)6)16-17(7,8)9/h10H,1-9H3/b12-10+. The second kappa shape index (κ2) is 4.97. The van der Waals surface area contributed by atoms with Gasteiger partial charge in [0.15, 0.2) is 5.78 Å². The maximum atomic E-state index is 12.1. The fraction of sp³-hybridized carbons (Fsp3) is 0.786. The molecule has 0 spiro atoms. The van der Waals surface area contributed by atoms with Crippen LogP contribution in [0.15, 0.2) is 11.8 Å². The Hall–Kier alpha value is -0.573. The summed E-state index contributed by atoms with van der Waals surface area (Å²) in [6.45, 7) is 18.4. The lowest BCUT2D eigenvalue weighted by atomic mass is 9.87. The number of hydrogen-bond donors (Lipinski definition) is 0. The second-order valence-corrected chi connectivity index (χ2v) is 12.0. The van der Waals surface area contributed by atoms with E-state index in [1.54, 1.807) is 6.08 Å². The molecule has 3 heteroatoms. The Balaban J connectivity index is 5.23. The van der Waals surface area contributed by atoms with Crippen LogP contribution in [0.3, 0.4) is 0 Å². The van der Waals surface area contributed by atoms with Gasteiger partial charge in [-0.1, -0.05) is 41.5 Å². The molecule has 0 aliphatic rings. The van der Waals surface area contributed by atoms with E-state index >= 15 is 0 Å². The minimum absolute atomic E-state index is 0.124. The van der Waals surface area contributed by atoms with Crippen molar-refractivity contribution in [3.8, 4) is 0 Å². The Morgan fingerprint density at radius 2 is 1.35 bits per heavy atom. The first kappa shape index (κ1) is 16.4. The smallest absolute Gasteiger partial charge is 0.241 e. The van der Waals surface area contributed by atoms with Gasteiger partial charge >= 0.3 is 0 Å². The molecule has 0 aromatic heterocycles. The average molecular weight is 256 g/mol. The molecule has 0 unspecified atom stereocenters. The first-order valence-electron chi connectivity index (χ1n) is 6.19. The van der Waals surface area contributed by atoms with Gasteiger partial charge < -0.3 is 4.43 Å². The molecule has 0 heterocycles. The molecule has 0 aromatic rings. The molecule has 0 bridgehead atoms. The fourth-order valence-corrected chi connectivity index (χ4v) is 2.09. The molecule has 0 aromatic carbocycles. The van der Waals surface area contributed by atoms with E-state index in [-0.39, 0.29) is 16.6 Å². The first-order chi connectivity index (χ1) is 7.23. The third-order valence-corrected chi connectivity index (χ3v) is 2.99. The van der Waals surface area contributed by atoms with Gasteiger partial charge in [-0.25, -0.2) is 0 Å². The molecule has 0 radical (unpaired) electrons. The van der Waals surface area contributed by atoms with Crippen LogP contribution in [0.5, 0.6) is 0 Å². The van der Waals surface area contributed by atoms with Crippen LogP contribution in [0.4, 0.5) is 0 Å². The third kappa shape index (κ3) is 6.67. The normalized spacial score (nSPS) is 14.8. The highest BCUT2D eigenvalue weighted by atomic mass is 28.4. The molecule has 0 saturated heterocycles. The topological polar surface area (TPSA) is 26.3 Å². The van der Waals surface area contributed by atoms with Crippen LogP contribution in [-0.4, -0.2) is 14.1 Å². The van der Waals surface area contributed by atoms with Crippen molar-refractivity contribution in [1.82, 2.24) is 0 Å². The van der Waals surface area contributed by atoms with Crippen molar-refractivity contribution in [2.45, 2.75) is 61.2 Å². The van der Waals surface area contributed by atoms with Crippen molar-refractivity contribution >= 4 is 14.1 Å². The van der Waals surface area contributed by atoms with Crippen LogP contribution in [0.2, 0.25) is 19.6 Å². The molecule has 2 nitrogen and oxygen atoms in total. The Labute approximate surface area is 108 Å². The van der Waals surface area contributed by atoms with E-state index in [4.69, 9.17) is 4.43 Å². The van der Waals surface area contributed by atoms with Crippen LogP contribution in [0.1, 0.15) is 41.5 Å². The molecule has 0 rings (SSSR count). The maximum absolute atomic E-state index is 12.1. The van der Waals surface area contributed by atoms with Crippen molar-refractivity contribution in [1.29, 1.82) is 0 Å². The van der Waals surface area contributed by atoms with Gasteiger partial charge in [0, 0.05) is 16.9 Å². The highest BCUT2D eigenvalue weighted by Gasteiger charge is 2.28. The molecule has 0 N–H and O–H groups in total. The monoisotopic (exact) mass is 256 g/mol. The summed E-state index contributed by atoms with van der Waals surface area (Å²) >= 11 is 0. The van der Waals surface area contributed by atoms with E-state index in [1.807, 2.05) is 20.8 Å². The van der Waals surface area contributed by atoms with Gasteiger partial charge in [-0.15, -0.1) is 0 Å².